The minimum absolute atomic E-state index is 0.124. The molecule has 2 aromatic rings. The second-order valence-corrected chi connectivity index (χ2v) is 5.39. The van der Waals surface area contributed by atoms with Gasteiger partial charge in [0.2, 0.25) is 0 Å². The smallest absolute Gasteiger partial charge is 0.251 e. The molecule has 0 amide bonds. The Bertz CT molecular complexity index is 604. The van der Waals surface area contributed by atoms with Gasteiger partial charge in [-0.3, -0.25) is 4.79 Å². The van der Waals surface area contributed by atoms with Crippen molar-refractivity contribution in [3.63, 3.8) is 0 Å². The first-order chi connectivity index (χ1) is 8.56. The van der Waals surface area contributed by atoms with Crippen molar-refractivity contribution in [2.45, 2.75) is 24.8 Å². The van der Waals surface area contributed by atoms with Crippen LogP contribution in [0.25, 0.3) is 0 Å². The van der Waals surface area contributed by atoms with Gasteiger partial charge in [0.15, 0.2) is 5.16 Å². The number of hydrogen-bond acceptors (Lipinski definition) is 3. The number of nitrogens with zero attached hydrogens (tertiary/aromatic N) is 1. The van der Waals surface area contributed by atoms with E-state index in [1.165, 1.54) is 17.8 Å². The third kappa shape index (κ3) is 3.15. The number of aromatic amines is 1. The molecule has 0 fully saturated rings. The van der Waals surface area contributed by atoms with Gasteiger partial charge < -0.3 is 4.98 Å². The van der Waals surface area contributed by atoms with Crippen LogP contribution in [0.2, 0.25) is 5.02 Å². The predicted molar refractivity (Wildman–Crippen MR) is 75.3 cm³/mol. The Balaban J connectivity index is 2.19. The number of H-pyrrole nitrogens is 1. The third-order valence-electron chi connectivity index (χ3n) is 2.55. The van der Waals surface area contributed by atoms with Crippen LogP contribution in [-0.4, -0.2) is 9.97 Å². The van der Waals surface area contributed by atoms with Crippen LogP contribution in [0.1, 0.15) is 16.8 Å². The number of aryl methyl sites for hydroxylation is 2. The van der Waals surface area contributed by atoms with Crippen molar-refractivity contribution in [3.05, 3.63) is 56.5 Å². The molecule has 3 nitrogen and oxygen atoms in total. The van der Waals surface area contributed by atoms with Crippen molar-refractivity contribution in [2.75, 3.05) is 0 Å². The summed E-state index contributed by atoms with van der Waals surface area (Å²) < 4.78 is 0. The molecule has 1 N–H and O–H groups in total. The zero-order valence-corrected chi connectivity index (χ0v) is 11.7. The summed E-state index contributed by atoms with van der Waals surface area (Å²) in [5, 5.41) is 1.37. The second kappa shape index (κ2) is 5.59. The highest BCUT2D eigenvalue weighted by molar-refractivity contribution is 7.98. The highest BCUT2D eigenvalue weighted by Crippen LogP contribution is 2.26. The zero-order valence-electron chi connectivity index (χ0n) is 10.2. The lowest BCUT2D eigenvalue weighted by Gasteiger charge is -2.07. The van der Waals surface area contributed by atoms with Gasteiger partial charge in [0, 0.05) is 22.5 Å². The van der Waals surface area contributed by atoms with Crippen molar-refractivity contribution in [1.82, 2.24) is 9.97 Å². The average Bonchev–Trinajstić information content (AvgIpc) is 2.27. The van der Waals surface area contributed by atoms with Crippen LogP contribution in [0.5, 0.6) is 0 Å². The van der Waals surface area contributed by atoms with Gasteiger partial charge in [0.05, 0.1) is 0 Å². The summed E-state index contributed by atoms with van der Waals surface area (Å²) in [6.45, 7) is 3.83. The molecule has 0 radical (unpaired) electrons. The molecule has 0 unspecified atom stereocenters. The van der Waals surface area contributed by atoms with E-state index in [0.29, 0.717) is 10.9 Å². The summed E-state index contributed by atoms with van der Waals surface area (Å²) in [6.07, 6.45) is 0. The van der Waals surface area contributed by atoms with Crippen molar-refractivity contribution in [2.24, 2.45) is 0 Å². The molecule has 0 bridgehead atoms. The van der Waals surface area contributed by atoms with Crippen molar-refractivity contribution in [1.29, 1.82) is 0 Å². The minimum atomic E-state index is -0.124. The molecule has 1 aromatic heterocycles. The molecule has 1 aromatic carbocycles. The van der Waals surface area contributed by atoms with E-state index < -0.39 is 0 Å². The van der Waals surface area contributed by atoms with Crippen LogP contribution < -0.4 is 5.56 Å². The molecule has 2 rings (SSSR count). The van der Waals surface area contributed by atoms with Gasteiger partial charge >= 0.3 is 0 Å². The molecule has 1 heterocycles. The molecule has 0 aliphatic carbocycles. The summed E-state index contributed by atoms with van der Waals surface area (Å²) in [5.41, 5.74) is 2.82. The van der Waals surface area contributed by atoms with Gasteiger partial charge in [0.1, 0.15) is 0 Å². The lowest BCUT2D eigenvalue weighted by molar-refractivity contribution is 0.905. The zero-order chi connectivity index (χ0) is 13.1. The third-order valence-corrected chi connectivity index (χ3v) is 3.81. The van der Waals surface area contributed by atoms with Gasteiger partial charge in [-0.1, -0.05) is 35.5 Å². The molecular weight excluding hydrogens is 268 g/mol. The van der Waals surface area contributed by atoms with E-state index in [1.54, 1.807) is 6.92 Å². The maximum absolute atomic E-state index is 11.3. The largest absolute Gasteiger partial charge is 0.301 e. The molecule has 5 heteroatoms. The predicted octanol–water partition coefficient (Wildman–Crippen LogP) is 3.33. The van der Waals surface area contributed by atoms with Crippen LogP contribution in [0.15, 0.2) is 34.2 Å². The van der Waals surface area contributed by atoms with Gasteiger partial charge in [-0.2, -0.15) is 0 Å². The Morgan fingerprint density at radius 3 is 2.83 bits per heavy atom. The topological polar surface area (TPSA) is 45.8 Å². The monoisotopic (exact) mass is 280 g/mol. The first kappa shape index (κ1) is 13.2. The van der Waals surface area contributed by atoms with E-state index >= 15 is 0 Å². The van der Waals surface area contributed by atoms with Crippen molar-refractivity contribution < 1.29 is 0 Å². The highest BCUT2D eigenvalue weighted by Gasteiger charge is 2.06. The van der Waals surface area contributed by atoms with E-state index in [0.717, 1.165) is 21.8 Å². The van der Waals surface area contributed by atoms with Crippen molar-refractivity contribution >= 4 is 23.4 Å². The lowest BCUT2D eigenvalue weighted by atomic mass is 10.1. The molecule has 94 valence electrons. The van der Waals surface area contributed by atoms with E-state index in [4.69, 9.17) is 11.6 Å². The minimum Gasteiger partial charge on any atom is -0.301 e. The summed E-state index contributed by atoms with van der Waals surface area (Å²) in [7, 11) is 0. The Labute approximate surface area is 115 Å². The van der Waals surface area contributed by atoms with Gasteiger partial charge in [-0.15, -0.1) is 0 Å². The molecule has 0 saturated heterocycles. The van der Waals surface area contributed by atoms with Gasteiger partial charge in [0.25, 0.3) is 5.56 Å². The van der Waals surface area contributed by atoms with Crippen LogP contribution >= 0.6 is 23.4 Å². The standard InChI is InChI=1S/C13H13ClN2OS/c1-8-4-3-5-11(14)10(8)7-18-13-15-9(2)6-12(17)16-13/h3-6H,7H2,1-2H3,(H,15,16,17). The first-order valence-electron chi connectivity index (χ1n) is 5.51. The van der Waals surface area contributed by atoms with E-state index in [2.05, 4.69) is 9.97 Å². The van der Waals surface area contributed by atoms with Gasteiger partial charge in [-0.25, -0.2) is 4.98 Å². The molecule has 0 saturated carbocycles. The molecule has 0 aliphatic heterocycles. The van der Waals surface area contributed by atoms with E-state index in [-0.39, 0.29) is 5.56 Å². The Morgan fingerprint density at radius 1 is 1.39 bits per heavy atom. The summed E-state index contributed by atoms with van der Waals surface area (Å²) in [4.78, 5) is 18.3. The van der Waals surface area contributed by atoms with E-state index in [1.807, 2.05) is 25.1 Å². The van der Waals surface area contributed by atoms with E-state index in [9.17, 15) is 4.79 Å². The number of nitrogens with one attached hydrogen (secondary N) is 1. The Morgan fingerprint density at radius 2 is 2.17 bits per heavy atom. The van der Waals surface area contributed by atoms with Gasteiger partial charge in [-0.05, 0) is 31.0 Å². The fourth-order valence-electron chi connectivity index (χ4n) is 1.61. The molecule has 0 aliphatic rings. The average molecular weight is 281 g/mol. The lowest BCUT2D eigenvalue weighted by Crippen LogP contribution is -2.08. The second-order valence-electron chi connectivity index (χ2n) is 4.02. The van der Waals surface area contributed by atoms with Crippen LogP contribution in [-0.2, 0) is 5.75 Å². The maximum Gasteiger partial charge on any atom is 0.251 e. The summed E-state index contributed by atoms with van der Waals surface area (Å²) in [5.74, 6) is 0.692. The van der Waals surface area contributed by atoms with Crippen molar-refractivity contribution in [3.8, 4) is 0 Å². The Kier molecular flexibility index (Phi) is 4.09. The number of benzene rings is 1. The molecule has 0 spiro atoms. The molecule has 0 atom stereocenters. The molecule has 18 heavy (non-hydrogen) atoms. The Hall–Kier alpha value is -1.26. The first-order valence-corrected chi connectivity index (χ1v) is 6.87. The molecular formula is C13H13ClN2OS. The highest BCUT2D eigenvalue weighted by atomic mass is 35.5. The van der Waals surface area contributed by atoms with Crippen LogP contribution in [0.4, 0.5) is 0 Å². The SMILES string of the molecule is Cc1cc(=O)[nH]c(SCc2c(C)cccc2Cl)n1. The number of aromatic nitrogens is 2. The number of rotatable bonds is 3. The summed E-state index contributed by atoms with van der Waals surface area (Å²) >= 11 is 7.63. The number of halogens is 1. The van der Waals surface area contributed by atoms with Crippen LogP contribution in [0.3, 0.4) is 0 Å². The quantitative estimate of drug-likeness (QED) is 0.693. The fraction of sp³-hybridized carbons (Fsp3) is 0.231. The van der Waals surface area contributed by atoms with Crippen LogP contribution in [0, 0.1) is 13.8 Å². The normalized spacial score (nSPS) is 10.6. The fourth-order valence-corrected chi connectivity index (χ4v) is 3.02. The number of thioether (sulfide) groups is 1. The number of hydrogen-bond donors (Lipinski definition) is 1. The summed E-state index contributed by atoms with van der Waals surface area (Å²) in [6, 6.07) is 7.30. The maximum atomic E-state index is 11.3.